The number of hydrogen-bond donors (Lipinski definition) is 2. The molecule has 0 bridgehead atoms. The smallest absolute Gasteiger partial charge is 0.253 e. The highest BCUT2D eigenvalue weighted by atomic mass is 32.2. The fourth-order valence-corrected chi connectivity index (χ4v) is 4.18. The first-order valence-electron chi connectivity index (χ1n) is 8.71. The standard InChI is InChI=1S/C20H14F2N4O3S/c21-15-3-6-17(22)18(8-15)30(28,29)16-4-1-12(2-5-16)9-24-20(27)14-7-13-11-25-26-19(13)23-10-14/h1-8,10-11H,9H2,(H,24,27)(H,23,25,26). The fraction of sp³-hybridized carbons (Fsp3) is 0.0500. The van der Waals surface area contributed by atoms with Gasteiger partial charge in [-0.1, -0.05) is 12.1 Å². The van der Waals surface area contributed by atoms with Gasteiger partial charge in [-0.05, 0) is 42.0 Å². The number of amides is 1. The quantitative estimate of drug-likeness (QED) is 0.509. The minimum Gasteiger partial charge on any atom is -0.348 e. The number of aromatic nitrogens is 3. The van der Waals surface area contributed by atoms with Gasteiger partial charge >= 0.3 is 0 Å². The van der Waals surface area contributed by atoms with E-state index in [-0.39, 0.29) is 17.3 Å². The van der Waals surface area contributed by atoms with E-state index in [1.165, 1.54) is 30.5 Å². The number of rotatable bonds is 5. The third-order valence-corrected chi connectivity index (χ3v) is 6.21. The average Bonchev–Trinajstić information content (AvgIpc) is 3.22. The van der Waals surface area contributed by atoms with Crippen LogP contribution in [0.25, 0.3) is 11.0 Å². The number of fused-ring (bicyclic) bond motifs is 1. The normalized spacial score (nSPS) is 11.5. The Morgan fingerprint density at radius 2 is 1.80 bits per heavy atom. The summed E-state index contributed by atoms with van der Waals surface area (Å²) < 4.78 is 52.4. The summed E-state index contributed by atoms with van der Waals surface area (Å²) in [5.41, 5.74) is 1.54. The lowest BCUT2D eigenvalue weighted by Gasteiger charge is -2.08. The maximum Gasteiger partial charge on any atom is 0.253 e. The number of halogens is 2. The molecule has 0 spiro atoms. The van der Waals surface area contributed by atoms with E-state index < -0.39 is 26.4 Å². The van der Waals surface area contributed by atoms with Crippen LogP contribution in [0.5, 0.6) is 0 Å². The van der Waals surface area contributed by atoms with Crippen molar-refractivity contribution in [2.45, 2.75) is 16.3 Å². The third kappa shape index (κ3) is 3.77. The van der Waals surface area contributed by atoms with Gasteiger partial charge in [-0.3, -0.25) is 9.89 Å². The SMILES string of the molecule is O=C(NCc1ccc(S(=O)(=O)c2cc(F)ccc2F)cc1)c1cnc2[nH]ncc2c1. The summed E-state index contributed by atoms with van der Waals surface area (Å²) in [4.78, 5) is 15.5. The van der Waals surface area contributed by atoms with Crippen molar-refractivity contribution in [2.24, 2.45) is 0 Å². The van der Waals surface area contributed by atoms with Crippen molar-refractivity contribution < 1.29 is 22.0 Å². The predicted octanol–water partition coefficient (Wildman–Crippen LogP) is 3.00. The molecule has 4 rings (SSSR count). The molecule has 152 valence electrons. The van der Waals surface area contributed by atoms with Crippen LogP contribution in [0.4, 0.5) is 8.78 Å². The molecular formula is C20H14F2N4O3S. The van der Waals surface area contributed by atoms with Crippen LogP contribution in [0.15, 0.2) is 70.7 Å². The number of aromatic amines is 1. The van der Waals surface area contributed by atoms with Crippen molar-refractivity contribution in [2.75, 3.05) is 0 Å². The number of pyridine rings is 1. The molecule has 0 aliphatic carbocycles. The molecule has 10 heteroatoms. The summed E-state index contributed by atoms with van der Waals surface area (Å²) in [6.07, 6.45) is 2.97. The highest BCUT2D eigenvalue weighted by Crippen LogP contribution is 2.24. The van der Waals surface area contributed by atoms with E-state index in [1.54, 1.807) is 12.3 Å². The van der Waals surface area contributed by atoms with Gasteiger partial charge in [0.1, 0.15) is 16.5 Å². The van der Waals surface area contributed by atoms with Crippen molar-refractivity contribution in [3.8, 4) is 0 Å². The van der Waals surface area contributed by atoms with Crippen LogP contribution in [0.2, 0.25) is 0 Å². The molecule has 2 aromatic carbocycles. The first kappa shape index (κ1) is 19.6. The van der Waals surface area contributed by atoms with E-state index in [9.17, 15) is 22.0 Å². The molecule has 0 saturated carbocycles. The Kier molecular flexibility index (Phi) is 5.00. The summed E-state index contributed by atoms with van der Waals surface area (Å²) in [6, 6.07) is 9.43. The molecule has 0 aliphatic heterocycles. The van der Waals surface area contributed by atoms with Gasteiger partial charge < -0.3 is 5.32 Å². The number of carbonyl (C=O) groups excluding carboxylic acids is 1. The van der Waals surface area contributed by atoms with Gasteiger partial charge in [0.05, 0.1) is 16.7 Å². The van der Waals surface area contributed by atoms with E-state index >= 15 is 0 Å². The molecule has 2 N–H and O–H groups in total. The van der Waals surface area contributed by atoms with Crippen molar-refractivity contribution >= 4 is 26.8 Å². The van der Waals surface area contributed by atoms with Gasteiger partial charge in [0, 0.05) is 18.1 Å². The van der Waals surface area contributed by atoms with E-state index in [1.807, 2.05) is 0 Å². The van der Waals surface area contributed by atoms with Crippen LogP contribution in [0.3, 0.4) is 0 Å². The lowest BCUT2D eigenvalue weighted by atomic mass is 10.2. The number of benzene rings is 2. The molecule has 0 radical (unpaired) electrons. The summed E-state index contributed by atoms with van der Waals surface area (Å²) >= 11 is 0. The van der Waals surface area contributed by atoms with Gasteiger partial charge in [-0.25, -0.2) is 22.2 Å². The molecule has 0 fully saturated rings. The Hall–Kier alpha value is -3.66. The topological polar surface area (TPSA) is 105 Å². The summed E-state index contributed by atoms with van der Waals surface area (Å²) in [5, 5.41) is 9.94. The minimum absolute atomic E-state index is 0.136. The highest BCUT2D eigenvalue weighted by Gasteiger charge is 2.22. The van der Waals surface area contributed by atoms with Crippen LogP contribution >= 0.6 is 0 Å². The first-order chi connectivity index (χ1) is 14.3. The molecule has 2 heterocycles. The molecule has 0 saturated heterocycles. The molecule has 0 unspecified atom stereocenters. The van der Waals surface area contributed by atoms with Gasteiger partial charge in [0.2, 0.25) is 9.84 Å². The van der Waals surface area contributed by atoms with Crippen LogP contribution in [0.1, 0.15) is 15.9 Å². The zero-order chi connectivity index (χ0) is 21.3. The highest BCUT2D eigenvalue weighted by molar-refractivity contribution is 7.91. The van der Waals surface area contributed by atoms with Gasteiger partial charge in [0.15, 0.2) is 5.65 Å². The maximum atomic E-state index is 13.9. The van der Waals surface area contributed by atoms with Crippen LogP contribution in [0, 0.1) is 11.6 Å². The molecular weight excluding hydrogens is 414 g/mol. The number of nitrogens with zero attached hydrogens (tertiary/aromatic N) is 2. The average molecular weight is 428 g/mol. The second-order valence-corrected chi connectivity index (χ2v) is 8.35. The van der Waals surface area contributed by atoms with E-state index in [4.69, 9.17) is 0 Å². The van der Waals surface area contributed by atoms with Crippen molar-refractivity contribution in [3.63, 3.8) is 0 Å². The van der Waals surface area contributed by atoms with Crippen molar-refractivity contribution in [3.05, 3.63) is 83.7 Å². The molecule has 4 aromatic rings. The van der Waals surface area contributed by atoms with Crippen molar-refractivity contribution in [1.82, 2.24) is 20.5 Å². The Bertz CT molecular complexity index is 1350. The molecule has 2 aromatic heterocycles. The van der Waals surface area contributed by atoms with Gasteiger partial charge in [-0.15, -0.1) is 0 Å². The Labute approximate surface area is 169 Å². The van der Waals surface area contributed by atoms with Crippen molar-refractivity contribution in [1.29, 1.82) is 0 Å². The Morgan fingerprint density at radius 3 is 2.57 bits per heavy atom. The molecule has 7 nitrogen and oxygen atoms in total. The minimum atomic E-state index is -4.22. The van der Waals surface area contributed by atoms with Crippen LogP contribution in [-0.2, 0) is 16.4 Å². The number of H-pyrrole nitrogens is 1. The number of nitrogens with one attached hydrogen (secondary N) is 2. The molecule has 1 amide bonds. The second-order valence-electron chi connectivity index (χ2n) is 6.44. The first-order valence-corrected chi connectivity index (χ1v) is 10.2. The summed E-state index contributed by atoms with van der Waals surface area (Å²) in [6.45, 7) is 0.136. The van der Waals surface area contributed by atoms with E-state index in [0.29, 0.717) is 28.2 Å². The Morgan fingerprint density at radius 1 is 1.03 bits per heavy atom. The van der Waals surface area contributed by atoms with Gasteiger partial charge in [-0.2, -0.15) is 5.10 Å². The number of hydrogen-bond acceptors (Lipinski definition) is 5. The molecule has 0 atom stereocenters. The zero-order valence-corrected chi connectivity index (χ0v) is 16.1. The number of carbonyl (C=O) groups is 1. The zero-order valence-electron chi connectivity index (χ0n) is 15.3. The second kappa shape index (κ2) is 7.64. The van der Waals surface area contributed by atoms with Crippen LogP contribution in [-0.4, -0.2) is 29.5 Å². The van der Waals surface area contributed by atoms with Crippen LogP contribution < -0.4 is 5.32 Å². The molecule has 30 heavy (non-hydrogen) atoms. The van der Waals surface area contributed by atoms with E-state index in [2.05, 4.69) is 20.5 Å². The lowest BCUT2D eigenvalue weighted by Crippen LogP contribution is -2.22. The third-order valence-electron chi connectivity index (χ3n) is 4.42. The lowest BCUT2D eigenvalue weighted by molar-refractivity contribution is 0.0950. The Balaban J connectivity index is 1.48. The predicted molar refractivity (Wildman–Crippen MR) is 103 cm³/mol. The number of sulfone groups is 1. The summed E-state index contributed by atoms with van der Waals surface area (Å²) in [5.74, 6) is -2.24. The largest absolute Gasteiger partial charge is 0.348 e. The fourth-order valence-electron chi connectivity index (χ4n) is 2.84. The maximum absolute atomic E-state index is 13.9. The summed E-state index contributed by atoms with van der Waals surface area (Å²) in [7, 11) is -4.22. The monoisotopic (exact) mass is 428 g/mol. The molecule has 0 aliphatic rings. The van der Waals surface area contributed by atoms with Gasteiger partial charge in [0.25, 0.3) is 5.91 Å². The van der Waals surface area contributed by atoms with E-state index in [0.717, 1.165) is 12.1 Å².